The number of nitrogens with zero attached hydrogens (tertiary/aromatic N) is 6. The zero-order valence-corrected chi connectivity index (χ0v) is 15.4. The number of aromatic nitrogens is 3. The van der Waals surface area contributed by atoms with Crippen LogP contribution in [-0.4, -0.2) is 69.0 Å². The third kappa shape index (κ3) is 2.77. The van der Waals surface area contributed by atoms with Crippen molar-refractivity contribution in [3.05, 3.63) is 35.0 Å². The van der Waals surface area contributed by atoms with Gasteiger partial charge < -0.3 is 9.80 Å². The van der Waals surface area contributed by atoms with Gasteiger partial charge in [0.05, 0.1) is 17.1 Å². The van der Waals surface area contributed by atoms with Crippen molar-refractivity contribution in [3.63, 3.8) is 0 Å². The highest BCUT2D eigenvalue weighted by Crippen LogP contribution is 2.44. The van der Waals surface area contributed by atoms with Crippen molar-refractivity contribution in [2.24, 2.45) is 0 Å². The van der Waals surface area contributed by atoms with Gasteiger partial charge in [0.15, 0.2) is 0 Å². The van der Waals surface area contributed by atoms with Crippen LogP contribution in [0.3, 0.4) is 0 Å². The first kappa shape index (κ1) is 16.1. The molecule has 8 heteroatoms. The highest BCUT2D eigenvalue weighted by Gasteiger charge is 2.43. The predicted molar refractivity (Wildman–Crippen MR) is 99.1 cm³/mol. The Morgan fingerprint density at radius 3 is 2.88 bits per heavy atom. The second kappa shape index (κ2) is 6.59. The summed E-state index contributed by atoms with van der Waals surface area (Å²) in [7, 11) is 0. The summed E-state index contributed by atoms with van der Waals surface area (Å²) < 4.78 is 4.12. The number of rotatable bonds is 3. The van der Waals surface area contributed by atoms with Crippen molar-refractivity contribution in [1.29, 1.82) is 0 Å². The smallest absolute Gasteiger partial charge is 0.236 e. The van der Waals surface area contributed by atoms with Gasteiger partial charge in [-0.1, -0.05) is 10.6 Å². The Morgan fingerprint density at radius 1 is 1.19 bits per heavy atom. The standard InChI is InChI=1S/C18H22N6OS/c25-17(23-9-7-22(8-10-23)16-3-1-2-6-19-16)12-24-13-4-5-15(24)18-14(11-13)20-21-26-18/h1-3,6,13,15H,4-5,7-12H2. The average molecular weight is 370 g/mol. The van der Waals surface area contributed by atoms with Gasteiger partial charge in [0.1, 0.15) is 5.82 Å². The number of amides is 1. The van der Waals surface area contributed by atoms with Crippen LogP contribution in [0.15, 0.2) is 24.4 Å². The lowest BCUT2D eigenvalue weighted by Gasteiger charge is -2.38. The third-order valence-electron chi connectivity index (χ3n) is 5.88. The lowest BCUT2D eigenvalue weighted by Crippen LogP contribution is -2.52. The van der Waals surface area contributed by atoms with Crippen LogP contribution in [-0.2, 0) is 11.2 Å². The molecule has 136 valence electrons. The quantitative estimate of drug-likeness (QED) is 0.812. The summed E-state index contributed by atoms with van der Waals surface area (Å²) in [6.45, 7) is 3.76. The molecule has 5 heterocycles. The minimum absolute atomic E-state index is 0.253. The number of anilines is 1. The van der Waals surface area contributed by atoms with Gasteiger partial charge in [0, 0.05) is 50.9 Å². The first-order chi connectivity index (χ1) is 12.8. The van der Waals surface area contributed by atoms with Gasteiger partial charge in [-0.3, -0.25) is 9.69 Å². The summed E-state index contributed by atoms with van der Waals surface area (Å²) in [5.74, 6) is 1.25. The lowest BCUT2D eigenvalue weighted by atomic mass is 10.1. The SMILES string of the molecule is O=C(CN1C2CCC1c1snnc1C2)N1CCN(c2ccccn2)CC1. The number of pyridine rings is 1. The molecule has 3 aliphatic heterocycles. The van der Waals surface area contributed by atoms with E-state index in [1.54, 1.807) is 0 Å². The molecule has 2 saturated heterocycles. The molecule has 0 aromatic carbocycles. The summed E-state index contributed by atoms with van der Waals surface area (Å²) >= 11 is 1.51. The van der Waals surface area contributed by atoms with Gasteiger partial charge in [-0.2, -0.15) is 0 Å². The molecule has 2 unspecified atom stereocenters. The Balaban J connectivity index is 1.21. The topological polar surface area (TPSA) is 65.5 Å². The molecule has 0 radical (unpaired) electrons. The van der Waals surface area contributed by atoms with E-state index in [9.17, 15) is 4.79 Å². The molecule has 3 aliphatic rings. The zero-order valence-electron chi connectivity index (χ0n) is 14.6. The summed E-state index contributed by atoms with van der Waals surface area (Å²) in [5.41, 5.74) is 1.16. The van der Waals surface area contributed by atoms with Crippen LogP contribution in [0.5, 0.6) is 0 Å². The molecule has 2 bridgehead atoms. The van der Waals surface area contributed by atoms with Crippen LogP contribution in [0.2, 0.25) is 0 Å². The predicted octanol–water partition coefficient (Wildman–Crippen LogP) is 1.34. The number of piperazine rings is 1. The van der Waals surface area contributed by atoms with Gasteiger partial charge in [-0.05, 0) is 36.5 Å². The highest BCUT2D eigenvalue weighted by atomic mass is 32.1. The maximum Gasteiger partial charge on any atom is 0.236 e. The van der Waals surface area contributed by atoms with E-state index in [1.807, 2.05) is 29.3 Å². The Hall–Kier alpha value is -2.06. The molecular formula is C18H22N6OS. The van der Waals surface area contributed by atoms with E-state index < -0.39 is 0 Å². The second-order valence-electron chi connectivity index (χ2n) is 7.26. The van der Waals surface area contributed by atoms with Crippen molar-refractivity contribution in [1.82, 2.24) is 24.4 Å². The normalized spacial score (nSPS) is 25.4. The minimum atomic E-state index is 0.253. The van der Waals surface area contributed by atoms with E-state index >= 15 is 0 Å². The first-order valence-corrected chi connectivity index (χ1v) is 10.1. The molecular weight excluding hydrogens is 348 g/mol. The summed E-state index contributed by atoms with van der Waals surface area (Å²) in [4.78, 5) is 25.3. The van der Waals surface area contributed by atoms with E-state index in [0.29, 0.717) is 18.6 Å². The Bertz CT molecular complexity index is 788. The monoisotopic (exact) mass is 370 g/mol. The molecule has 2 atom stereocenters. The molecule has 2 aromatic rings. The molecule has 2 aromatic heterocycles. The van der Waals surface area contributed by atoms with E-state index in [2.05, 4.69) is 24.4 Å². The average Bonchev–Trinajstić information content (AvgIpc) is 3.27. The van der Waals surface area contributed by atoms with E-state index in [0.717, 1.165) is 57.0 Å². The van der Waals surface area contributed by atoms with E-state index in [1.165, 1.54) is 16.4 Å². The fourth-order valence-electron chi connectivity index (χ4n) is 4.49. The van der Waals surface area contributed by atoms with Crippen molar-refractivity contribution in [2.75, 3.05) is 37.6 Å². The Kier molecular flexibility index (Phi) is 4.09. The maximum atomic E-state index is 12.9. The molecule has 0 N–H and O–H groups in total. The molecule has 1 amide bonds. The highest BCUT2D eigenvalue weighted by molar-refractivity contribution is 7.05. The second-order valence-corrected chi connectivity index (χ2v) is 8.05. The van der Waals surface area contributed by atoms with Crippen molar-refractivity contribution < 1.29 is 4.79 Å². The van der Waals surface area contributed by atoms with Crippen molar-refractivity contribution >= 4 is 23.3 Å². The lowest BCUT2D eigenvalue weighted by molar-refractivity contribution is -0.133. The summed E-state index contributed by atoms with van der Waals surface area (Å²) in [5, 5.41) is 4.27. The zero-order chi connectivity index (χ0) is 17.5. The third-order valence-corrected chi connectivity index (χ3v) is 6.75. The molecule has 0 spiro atoms. The summed E-state index contributed by atoms with van der Waals surface area (Å²) in [6, 6.07) is 6.77. The molecule has 26 heavy (non-hydrogen) atoms. The van der Waals surface area contributed by atoms with Gasteiger partial charge >= 0.3 is 0 Å². The van der Waals surface area contributed by atoms with E-state index in [4.69, 9.17) is 0 Å². The van der Waals surface area contributed by atoms with Crippen LogP contribution in [0.4, 0.5) is 5.82 Å². The fraction of sp³-hybridized carbons (Fsp3) is 0.556. The Labute approximate surface area is 156 Å². The molecule has 2 fully saturated rings. The van der Waals surface area contributed by atoms with Gasteiger partial charge in [0.2, 0.25) is 5.91 Å². The van der Waals surface area contributed by atoms with Crippen molar-refractivity contribution in [3.8, 4) is 0 Å². The Morgan fingerprint density at radius 2 is 2.08 bits per heavy atom. The first-order valence-electron chi connectivity index (χ1n) is 9.30. The van der Waals surface area contributed by atoms with Gasteiger partial charge in [0.25, 0.3) is 0 Å². The number of hydrogen-bond acceptors (Lipinski definition) is 7. The number of carbonyl (C=O) groups excluding carboxylic acids is 1. The van der Waals surface area contributed by atoms with Gasteiger partial charge in [-0.25, -0.2) is 4.98 Å². The molecule has 7 nitrogen and oxygen atoms in total. The van der Waals surface area contributed by atoms with Crippen LogP contribution in [0, 0.1) is 0 Å². The van der Waals surface area contributed by atoms with Gasteiger partial charge in [-0.15, -0.1) is 5.10 Å². The molecule has 0 saturated carbocycles. The van der Waals surface area contributed by atoms with Crippen LogP contribution in [0.1, 0.15) is 29.5 Å². The van der Waals surface area contributed by atoms with Crippen LogP contribution in [0.25, 0.3) is 0 Å². The minimum Gasteiger partial charge on any atom is -0.353 e. The maximum absolute atomic E-state index is 12.9. The van der Waals surface area contributed by atoms with Crippen molar-refractivity contribution in [2.45, 2.75) is 31.3 Å². The van der Waals surface area contributed by atoms with Crippen LogP contribution >= 0.6 is 11.5 Å². The van der Waals surface area contributed by atoms with Crippen LogP contribution < -0.4 is 4.90 Å². The number of hydrogen-bond donors (Lipinski definition) is 0. The number of carbonyl (C=O) groups is 1. The fourth-order valence-corrected chi connectivity index (χ4v) is 5.32. The number of fused-ring (bicyclic) bond motifs is 4. The summed E-state index contributed by atoms with van der Waals surface area (Å²) in [6.07, 6.45) is 5.06. The molecule has 5 rings (SSSR count). The largest absolute Gasteiger partial charge is 0.353 e. The van der Waals surface area contributed by atoms with E-state index in [-0.39, 0.29) is 5.91 Å². The molecule has 0 aliphatic carbocycles.